The second-order valence-corrected chi connectivity index (χ2v) is 6.22. The van der Waals surface area contributed by atoms with Gasteiger partial charge in [0.2, 0.25) is 5.95 Å². The Morgan fingerprint density at radius 3 is 2.46 bits per heavy atom. The summed E-state index contributed by atoms with van der Waals surface area (Å²) in [5, 5.41) is 5.34. The van der Waals surface area contributed by atoms with Gasteiger partial charge in [-0.1, -0.05) is 0 Å². The first-order chi connectivity index (χ1) is 11.0. The van der Waals surface area contributed by atoms with Crippen molar-refractivity contribution in [3.05, 3.63) is 29.3 Å². The van der Waals surface area contributed by atoms with Gasteiger partial charge in [0.15, 0.2) is 5.65 Å². The van der Waals surface area contributed by atoms with Crippen LogP contribution in [0.5, 0.6) is 0 Å². The molecule has 1 fully saturated rings. The van der Waals surface area contributed by atoms with Crippen molar-refractivity contribution in [3.63, 3.8) is 0 Å². The number of aryl methyl sites for hydroxylation is 2. The molecule has 0 spiro atoms. The molecule has 0 N–H and O–H groups in total. The average Bonchev–Trinajstić information content (AvgIpc) is 2.91. The van der Waals surface area contributed by atoms with E-state index in [1.54, 1.807) is 17.5 Å². The van der Waals surface area contributed by atoms with Crippen LogP contribution in [0.15, 0.2) is 12.1 Å². The summed E-state index contributed by atoms with van der Waals surface area (Å²) in [7, 11) is 2.11. The zero-order valence-electron chi connectivity index (χ0n) is 14.0. The van der Waals surface area contributed by atoms with Crippen molar-refractivity contribution in [1.29, 1.82) is 0 Å². The third-order valence-electron chi connectivity index (χ3n) is 4.43. The summed E-state index contributed by atoms with van der Waals surface area (Å²) >= 11 is 0. The number of benzene rings is 1. The Bertz CT molecular complexity index is 901. The van der Waals surface area contributed by atoms with Crippen LogP contribution in [-0.2, 0) is 0 Å². The SMILES string of the molecule is Cc1nc2c3cc(C)c(F)cc3nc(N3CCN(C)CC3)n2n1.Cl. The molecule has 1 aliphatic heterocycles. The molecule has 1 aromatic carbocycles. The second-order valence-electron chi connectivity index (χ2n) is 6.22. The van der Waals surface area contributed by atoms with Gasteiger partial charge in [-0.2, -0.15) is 4.52 Å². The van der Waals surface area contributed by atoms with Crippen molar-refractivity contribution in [2.45, 2.75) is 13.8 Å². The minimum absolute atomic E-state index is 0. The first-order valence-electron chi connectivity index (χ1n) is 7.79. The largest absolute Gasteiger partial charge is 0.338 e. The maximum Gasteiger partial charge on any atom is 0.229 e. The Hall–Kier alpha value is -1.99. The molecule has 3 heterocycles. The van der Waals surface area contributed by atoms with E-state index in [0.29, 0.717) is 16.9 Å². The van der Waals surface area contributed by atoms with E-state index in [9.17, 15) is 4.39 Å². The van der Waals surface area contributed by atoms with Gasteiger partial charge in [0.25, 0.3) is 0 Å². The lowest BCUT2D eigenvalue weighted by Crippen LogP contribution is -2.45. The van der Waals surface area contributed by atoms with Crippen LogP contribution in [-0.4, -0.2) is 57.7 Å². The Kier molecular flexibility index (Phi) is 4.31. The summed E-state index contributed by atoms with van der Waals surface area (Å²) in [5.41, 5.74) is 1.96. The third kappa shape index (κ3) is 2.67. The molecular weight excluding hydrogens is 331 g/mol. The van der Waals surface area contributed by atoms with E-state index >= 15 is 0 Å². The Morgan fingerprint density at radius 1 is 1.04 bits per heavy atom. The zero-order valence-corrected chi connectivity index (χ0v) is 14.8. The minimum Gasteiger partial charge on any atom is -0.338 e. The van der Waals surface area contributed by atoms with Gasteiger partial charge in [-0.05, 0) is 32.5 Å². The lowest BCUT2D eigenvalue weighted by molar-refractivity contribution is 0.310. The molecule has 1 aliphatic rings. The normalized spacial score (nSPS) is 15.9. The molecule has 1 saturated heterocycles. The van der Waals surface area contributed by atoms with Gasteiger partial charge in [0.1, 0.15) is 11.6 Å². The monoisotopic (exact) mass is 350 g/mol. The van der Waals surface area contributed by atoms with Gasteiger partial charge in [-0.25, -0.2) is 14.4 Å². The van der Waals surface area contributed by atoms with Crippen LogP contribution < -0.4 is 4.90 Å². The van der Waals surface area contributed by atoms with E-state index in [0.717, 1.165) is 43.2 Å². The molecule has 0 bridgehead atoms. The number of likely N-dealkylation sites (N-methyl/N-ethyl adjacent to an activating group) is 1. The molecule has 8 heteroatoms. The minimum atomic E-state index is -0.241. The highest BCUT2D eigenvalue weighted by Crippen LogP contribution is 2.25. The Labute approximate surface area is 145 Å². The van der Waals surface area contributed by atoms with Crippen molar-refractivity contribution in [2.75, 3.05) is 38.1 Å². The summed E-state index contributed by atoms with van der Waals surface area (Å²) < 4.78 is 15.8. The highest BCUT2D eigenvalue weighted by atomic mass is 35.5. The molecule has 6 nitrogen and oxygen atoms in total. The molecule has 128 valence electrons. The number of hydrogen-bond donors (Lipinski definition) is 0. The highest BCUT2D eigenvalue weighted by molar-refractivity contribution is 5.93. The molecule has 4 rings (SSSR count). The van der Waals surface area contributed by atoms with Gasteiger partial charge in [-0.15, -0.1) is 17.5 Å². The quantitative estimate of drug-likeness (QED) is 0.673. The number of anilines is 1. The van der Waals surface area contributed by atoms with E-state index in [4.69, 9.17) is 4.98 Å². The molecule has 0 unspecified atom stereocenters. The van der Waals surface area contributed by atoms with Gasteiger partial charge >= 0.3 is 0 Å². The van der Waals surface area contributed by atoms with E-state index in [1.165, 1.54) is 6.07 Å². The second kappa shape index (κ2) is 6.14. The van der Waals surface area contributed by atoms with Gasteiger partial charge in [0, 0.05) is 37.6 Å². The fourth-order valence-corrected chi connectivity index (χ4v) is 3.04. The Balaban J connectivity index is 0.00000169. The van der Waals surface area contributed by atoms with Crippen LogP contribution in [0, 0.1) is 19.7 Å². The lowest BCUT2D eigenvalue weighted by atomic mass is 10.1. The van der Waals surface area contributed by atoms with Gasteiger partial charge in [0.05, 0.1) is 5.52 Å². The van der Waals surface area contributed by atoms with Crippen LogP contribution in [0.4, 0.5) is 10.3 Å². The van der Waals surface area contributed by atoms with E-state index in [-0.39, 0.29) is 18.2 Å². The smallest absolute Gasteiger partial charge is 0.229 e. The predicted molar refractivity (Wildman–Crippen MR) is 94.7 cm³/mol. The molecule has 3 aromatic rings. The summed E-state index contributed by atoms with van der Waals surface area (Å²) in [5.74, 6) is 1.19. The van der Waals surface area contributed by atoms with Gasteiger partial charge in [-0.3, -0.25) is 0 Å². The fraction of sp³-hybridized carbons (Fsp3) is 0.438. The standard InChI is InChI=1S/C16H19FN6.ClH/c1-10-8-12-14(9-13(10)17)19-16(22-6-4-21(3)5-7-22)23-15(12)18-11(2)20-23;/h8-9H,4-7H2,1-3H3;1H. The van der Waals surface area contributed by atoms with Crippen LogP contribution in [0.3, 0.4) is 0 Å². The van der Waals surface area contributed by atoms with Gasteiger partial charge < -0.3 is 9.80 Å². The number of aromatic nitrogens is 4. The first kappa shape index (κ1) is 16.9. The third-order valence-corrected chi connectivity index (χ3v) is 4.43. The summed E-state index contributed by atoms with van der Waals surface area (Å²) in [4.78, 5) is 13.7. The average molecular weight is 351 g/mol. The summed E-state index contributed by atoms with van der Waals surface area (Å²) in [6.07, 6.45) is 0. The maximum absolute atomic E-state index is 14.0. The molecule has 0 amide bonds. The molecule has 0 atom stereocenters. The number of fused-ring (bicyclic) bond motifs is 3. The predicted octanol–water partition coefficient (Wildman–Crippen LogP) is 2.21. The van der Waals surface area contributed by atoms with Crippen LogP contribution in [0.1, 0.15) is 11.4 Å². The number of piperazine rings is 1. The van der Waals surface area contributed by atoms with Crippen LogP contribution in [0.2, 0.25) is 0 Å². The molecule has 2 aromatic heterocycles. The van der Waals surface area contributed by atoms with Crippen molar-refractivity contribution in [2.24, 2.45) is 0 Å². The number of nitrogens with zero attached hydrogens (tertiary/aromatic N) is 6. The fourth-order valence-electron chi connectivity index (χ4n) is 3.04. The number of halogens is 2. The zero-order chi connectivity index (χ0) is 16.1. The van der Waals surface area contributed by atoms with E-state index in [2.05, 4.69) is 26.9 Å². The molecule has 0 saturated carbocycles. The molecule has 0 radical (unpaired) electrons. The first-order valence-corrected chi connectivity index (χ1v) is 7.79. The van der Waals surface area contributed by atoms with Crippen molar-refractivity contribution in [1.82, 2.24) is 24.5 Å². The topological polar surface area (TPSA) is 49.6 Å². The Morgan fingerprint density at radius 2 is 1.75 bits per heavy atom. The molecule has 0 aliphatic carbocycles. The van der Waals surface area contributed by atoms with Crippen molar-refractivity contribution in [3.8, 4) is 0 Å². The van der Waals surface area contributed by atoms with E-state index < -0.39 is 0 Å². The maximum atomic E-state index is 14.0. The molecule has 24 heavy (non-hydrogen) atoms. The van der Waals surface area contributed by atoms with Crippen molar-refractivity contribution < 1.29 is 4.39 Å². The van der Waals surface area contributed by atoms with Crippen LogP contribution in [0.25, 0.3) is 16.6 Å². The summed E-state index contributed by atoms with van der Waals surface area (Å²) in [6, 6.07) is 3.29. The number of rotatable bonds is 1. The van der Waals surface area contributed by atoms with E-state index in [1.807, 2.05) is 6.92 Å². The molecular formula is C16H20ClFN6. The van der Waals surface area contributed by atoms with Crippen molar-refractivity contribution >= 4 is 34.9 Å². The summed E-state index contributed by atoms with van der Waals surface area (Å²) in [6.45, 7) is 7.30. The van der Waals surface area contributed by atoms with Crippen LogP contribution >= 0.6 is 12.4 Å². The highest BCUT2D eigenvalue weighted by Gasteiger charge is 2.21. The lowest BCUT2D eigenvalue weighted by Gasteiger charge is -2.33. The number of hydrogen-bond acceptors (Lipinski definition) is 5.